The minimum atomic E-state index is 0.215. The Morgan fingerprint density at radius 1 is 1.38 bits per heavy atom. The number of ether oxygens (including phenoxy) is 1. The highest BCUT2D eigenvalue weighted by molar-refractivity contribution is 5.41. The first-order valence-electron chi connectivity index (χ1n) is 7.88. The van der Waals surface area contributed by atoms with Crippen LogP contribution in [0.4, 0.5) is 0 Å². The Kier molecular flexibility index (Phi) is 5.48. The molecule has 4 nitrogen and oxygen atoms in total. The maximum absolute atomic E-state index is 10.3. The third kappa shape index (κ3) is 3.69. The first kappa shape index (κ1) is 16.1. The number of rotatable bonds is 4. The lowest BCUT2D eigenvalue weighted by Crippen LogP contribution is -2.41. The molecule has 1 heterocycles. The van der Waals surface area contributed by atoms with Crippen molar-refractivity contribution in [2.45, 2.75) is 38.8 Å². The third-order valence-corrected chi connectivity index (χ3v) is 4.60. The van der Waals surface area contributed by atoms with Crippen LogP contribution in [0.25, 0.3) is 0 Å². The highest BCUT2D eigenvalue weighted by Gasteiger charge is 2.27. The van der Waals surface area contributed by atoms with Crippen LogP contribution in [0.1, 0.15) is 38.3 Å². The van der Waals surface area contributed by atoms with Gasteiger partial charge in [0.1, 0.15) is 11.5 Å². The molecule has 1 aromatic rings. The zero-order valence-electron chi connectivity index (χ0n) is 13.7. The van der Waals surface area contributed by atoms with E-state index in [2.05, 4.69) is 30.7 Å². The van der Waals surface area contributed by atoms with Crippen LogP contribution in [0, 0.1) is 0 Å². The van der Waals surface area contributed by atoms with Gasteiger partial charge in [-0.25, -0.2) is 0 Å². The van der Waals surface area contributed by atoms with E-state index in [4.69, 9.17) is 4.74 Å². The molecular formula is C17H28N2O2. The van der Waals surface area contributed by atoms with Gasteiger partial charge in [-0.2, -0.15) is 0 Å². The Bertz CT molecular complexity index is 464. The van der Waals surface area contributed by atoms with Crippen molar-refractivity contribution in [3.63, 3.8) is 0 Å². The molecule has 0 radical (unpaired) electrons. The van der Waals surface area contributed by atoms with Crippen LogP contribution in [0.15, 0.2) is 18.2 Å². The summed E-state index contributed by atoms with van der Waals surface area (Å²) in [6, 6.07) is 6.37. The van der Waals surface area contributed by atoms with Crippen molar-refractivity contribution in [3.8, 4) is 11.5 Å². The van der Waals surface area contributed by atoms with Crippen LogP contribution >= 0.6 is 0 Å². The number of nitrogens with zero attached hydrogens (tertiary/aromatic N) is 2. The van der Waals surface area contributed by atoms with E-state index in [1.54, 1.807) is 13.2 Å². The van der Waals surface area contributed by atoms with Gasteiger partial charge in [-0.3, -0.25) is 4.90 Å². The molecule has 1 N–H and O–H groups in total. The smallest absolute Gasteiger partial charge is 0.124 e. The van der Waals surface area contributed by atoms with E-state index in [1.807, 2.05) is 12.1 Å². The van der Waals surface area contributed by atoms with Crippen LogP contribution in [0.5, 0.6) is 11.5 Å². The number of benzene rings is 1. The molecule has 1 aromatic carbocycles. The summed E-state index contributed by atoms with van der Waals surface area (Å²) in [6.07, 6.45) is 2.31. The van der Waals surface area contributed by atoms with E-state index in [0.29, 0.717) is 17.5 Å². The molecule has 4 heteroatoms. The zero-order valence-corrected chi connectivity index (χ0v) is 13.7. The lowest BCUT2D eigenvalue weighted by Gasteiger charge is -2.35. The number of likely N-dealkylation sites (N-methyl/N-ethyl adjacent to an activating group) is 1. The summed E-state index contributed by atoms with van der Waals surface area (Å²) in [6.45, 7) is 7.76. The molecular weight excluding hydrogens is 264 g/mol. The first-order valence-corrected chi connectivity index (χ1v) is 7.88. The van der Waals surface area contributed by atoms with Gasteiger partial charge in [0, 0.05) is 36.8 Å². The molecule has 21 heavy (non-hydrogen) atoms. The Morgan fingerprint density at radius 3 is 2.76 bits per heavy atom. The summed E-state index contributed by atoms with van der Waals surface area (Å²) in [5.74, 6) is 1.03. The summed E-state index contributed by atoms with van der Waals surface area (Å²) in [4.78, 5) is 4.94. The van der Waals surface area contributed by atoms with Crippen molar-refractivity contribution in [2.75, 3.05) is 33.8 Å². The van der Waals surface area contributed by atoms with E-state index < -0.39 is 0 Å². The van der Waals surface area contributed by atoms with Crippen LogP contribution in [0.3, 0.4) is 0 Å². The summed E-state index contributed by atoms with van der Waals surface area (Å²) < 4.78 is 5.17. The van der Waals surface area contributed by atoms with E-state index in [0.717, 1.165) is 31.6 Å². The number of phenols is 1. The lowest BCUT2D eigenvalue weighted by molar-refractivity contribution is 0.135. The van der Waals surface area contributed by atoms with Crippen molar-refractivity contribution in [2.24, 2.45) is 0 Å². The molecule has 0 aromatic heterocycles. The highest BCUT2D eigenvalue weighted by atomic mass is 16.5. The summed E-state index contributed by atoms with van der Waals surface area (Å²) in [7, 11) is 3.82. The van der Waals surface area contributed by atoms with E-state index in [1.165, 1.54) is 6.42 Å². The monoisotopic (exact) mass is 292 g/mol. The molecule has 2 atom stereocenters. The van der Waals surface area contributed by atoms with Crippen molar-refractivity contribution in [1.82, 2.24) is 9.80 Å². The molecule has 0 aliphatic carbocycles. The van der Waals surface area contributed by atoms with Gasteiger partial charge in [0.15, 0.2) is 0 Å². The summed E-state index contributed by atoms with van der Waals surface area (Å²) in [5.41, 5.74) is 0.985. The Morgan fingerprint density at radius 2 is 2.14 bits per heavy atom. The first-order chi connectivity index (χ1) is 10.1. The van der Waals surface area contributed by atoms with E-state index in [-0.39, 0.29) is 6.04 Å². The quantitative estimate of drug-likeness (QED) is 0.925. The van der Waals surface area contributed by atoms with Gasteiger partial charge in [0.2, 0.25) is 0 Å². The third-order valence-electron chi connectivity index (χ3n) is 4.60. The number of methoxy groups -OCH3 is 1. The largest absolute Gasteiger partial charge is 0.507 e. The van der Waals surface area contributed by atoms with Crippen LogP contribution in [-0.4, -0.2) is 54.7 Å². The average Bonchev–Trinajstić information content (AvgIpc) is 2.67. The predicted octanol–water partition coefficient (Wildman–Crippen LogP) is 2.88. The van der Waals surface area contributed by atoms with Crippen molar-refractivity contribution in [1.29, 1.82) is 0 Å². The molecule has 0 spiro atoms. The topological polar surface area (TPSA) is 35.9 Å². The summed E-state index contributed by atoms with van der Waals surface area (Å²) >= 11 is 0. The SMILES string of the molecule is CCC1CN(C)CCCN1C(C)c1ccc(OC)cc1O. The molecule has 0 bridgehead atoms. The Hall–Kier alpha value is -1.26. The molecule has 1 aliphatic heterocycles. The minimum Gasteiger partial charge on any atom is -0.507 e. The van der Waals surface area contributed by atoms with Crippen molar-refractivity contribution < 1.29 is 9.84 Å². The second-order valence-electron chi connectivity index (χ2n) is 6.02. The van der Waals surface area contributed by atoms with Crippen LogP contribution in [0.2, 0.25) is 0 Å². The van der Waals surface area contributed by atoms with Crippen molar-refractivity contribution in [3.05, 3.63) is 23.8 Å². The zero-order chi connectivity index (χ0) is 15.4. The van der Waals surface area contributed by atoms with Gasteiger partial charge in [-0.15, -0.1) is 0 Å². The number of hydrogen-bond acceptors (Lipinski definition) is 4. The highest BCUT2D eigenvalue weighted by Crippen LogP contribution is 2.33. The Labute approximate surface area is 128 Å². The van der Waals surface area contributed by atoms with Gasteiger partial charge in [0.25, 0.3) is 0 Å². The predicted molar refractivity (Wildman–Crippen MR) is 86.0 cm³/mol. The second kappa shape index (κ2) is 7.14. The van der Waals surface area contributed by atoms with Gasteiger partial charge in [0.05, 0.1) is 7.11 Å². The maximum atomic E-state index is 10.3. The van der Waals surface area contributed by atoms with Crippen LogP contribution < -0.4 is 4.74 Å². The van der Waals surface area contributed by atoms with Crippen molar-refractivity contribution >= 4 is 0 Å². The number of hydrogen-bond donors (Lipinski definition) is 1. The average molecular weight is 292 g/mol. The molecule has 118 valence electrons. The molecule has 1 saturated heterocycles. The van der Waals surface area contributed by atoms with Gasteiger partial charge in [-0.1, -0.05) is 13.0 Å². The van der Waals surface area contributed by atoms with Gasteiger partial charge >= 0.3 is 0 Å². The maximum Gasteiger partial charge on any atom is 0.124 e. The normalized spacial score (nSPS) is 22.8. The molecule has 0 saturated carbocycles. The minimum absolute atomic E-state index is 0.215. The molecule has 1 fully saturated rings. The number of aromatic hydroxyl groups is 1. The Balaban J connectivity index is 2.22. The van der Waals surface area contributed by atoms with Crippen LogP contribution in [-0.2, 0) is 0 Å². The second-order valence-corrected chi connectivity index (χ2v) is 6.02. The number of phenolic OH excluding ortho intramolecular Hbond substituents is 1. The fourth-order valence-electron chi connectivity index (χ4n) is 3.32. The fourth-order valence-corrected chi connectivity index (χ4v) is 3.32. The summed E-state index contributed by atoms with van der Waals surface area (Å²) in [5, 5.41) is 10.3. The van der Waals surface area contributed by atoms with E-state index in [9.17, 15) is 5.11 Å². The van der Waals surface area contributed by atoms with Gasteiger partial charge < -0.3 is 14.7 Å². The van der Waals surface area contributed by atoms with Gasteiger partial charge in [-0.05, 0) is 39.4 Å². The molecule has 2 rings (SSSR count). The standard InChI is InChI=1S/C17H28N2O2/c1-5-14-12-18(3)9-6-10-19(14)13(2)16-8-7-15(21-4)11-17(16)20/h7-8,11,13-14,20H,5-6,9-10,12H2,1-4H3. The lowest BCUT2D eigenvalue weighted by atomic mass is 10.0. The molecule has 2 unspecified atom stereocenters. The fraction of sp³-hybridized carbons (Fsp3) is 0.647. The molecule has 1 aliphatic rings. The van der Waals surface area contributed by atoms with E-state index >= 15 is 0 Å². The molecule has 0 amide bonds.